The topological polar surface area (TPSA) is 35.5 Å². The molecule has 1 aliphatic carbocycles. The van der Waals surface area contributed by atoms with Gasteiger partial charge in [-0.15, -0.1) is 0 Å². The van der Waals surface area contributed by atoms with E-state index in [0.717, 1.165) is 45.3 Å². The van der Waals surface area contributed by atoms with Gasteiger partial charge in [-0.1, -0.05) is 54.4 Å². The number of ether oxygens (including phenoxy) is 2. The van der Waals surface area contributed by atoms with E-state index in [-0.39, 0.29) is 6.29 Å². The van der Waals surface area contributed by atoms with Crippen LogP contribution in [0.1, 0.15) is 80.1 Å². The third kappa shape index (κ3) is 11.4. The summed E-state index contributed by atoms with van der Waals surface area (Å²) >= 11 is 0. The maximum absolute atomic E-state index is 10.8. The number of hydrogen-bond acceptors (Lipinski definition) is 3. The number of carbonyl (C=O) groups is 1. The number of carbonyl (C=O) groups excluding carboxylic acids is 1. The second-order valence-corrected chi connectivity index (χ2v) is 4.57. The Bertz CT molecular complexity index is 198. The predicted octanol–water partition coefficient (Wildman–Crippen LogP) is 4.98. The molecule has 1 atom stereocenters. The van der Waals surface area contributed by atoms with Crippen LogP contribution in [0.4, 0.5) is 0 Å². The van der Waals surface area contributed by atoms with E-state index in [0.29, 0.717) is 11.7 Å². The highest BCUT2D eigenvalue weighted by Crippen LogP contribution is 2.18. The van der Waals surface area contributed by atoms with Gasteiger partial charge in [0.15, 0.2) is 6.29 Å². The summed E-state index contributed by atoms with van der Waals surface area (Å²) in [4.78, 5) is 10.8. The van der Waals surface area contributed by atoms with Crippen molar-refractivity contribution in [2.24, 2.45) is 5.92 Å². The molecule has 2 aliphatic rings. The average Bonchev–Trinajstić information content (AvgIpc) is 3.01. The molecule has 0 N–H and O–H groups in total. The molecule has 0 aromatic rings. The first kappa shape index (κ1) is 21.9. The van der Waals surface area contributed by atoms with Gasteiger partial charge in [0.2, 0.25) is 0 Å². The lowest BCUT2D eigenvalue weighted by atomic mass is 9.90. The molecule has 0 spiro atoms. The van der Waals surface area contributed by atoms with E-state index in [1.165, 1.54) is 6.42 Å². The fourth-order valence-electron chi connectivity index (χ4n) is 1.97. The van der Waals surface area contributed by atoms with E-state index < -0.39 is 0 Å². The molecule has 1 saturated heterocycles. The molecule has 1 saturated carbocycles. The van der Waals surface area contributed by atoms with Crippen molar-refractivity contribution in [3.8, 4) is 0 Å². The summed E-state index contributed by atoms with van der Waals surface area (Å²) in [5, 5.41) is 0. The van der Waals surface area contributed by atoms with Gasteiger partial charge in [-0.25, -0.2) is 0 Å². The van der Waals surface area contributed by atoms with Crippen molar-refractivity contribution in [3.63, 3.8) is 0 Å². The van der Waals surface area contributed by atoms with Gasteiger partial charge in [-0.05, 0) is 19.3 Å². The standard InChI is InChI=1S/C7H12O.C6H12O2.2C2H6/c1-6-4-2-3-5-7(6)8;1-2-3-6-7-4-5-8-6;2*1-2/h2*6H,2-5H2,1H3;2*1-2H3. The minimum absolute atomic E-state index is 0.111. The Morgan fingerprint density at radius 1 is 1.05 bits per heavy atom. The zero-order valence-electron chi connectivity index (χ0n) is 14.5. The van der Waals surface area contributed by atoms with E-state index in [4.69, 9.17) is 9.47 Å². The Kier molecular flexibility index (Phi) is 18.2. The quantitative estimate of drug-likeness (QED) is 0.719. The van der Waals surface area contributed by atoms with Crippen molar-refractivity contribution in [1.29, 1.82) is 0 Å². The molecule has 20 heavy (non-hydrogen) atoms. The van der Waals surface area contributed by atoms with Gasteiger partial charge in [0.05, 0.1) is 13.2 Å². The lowest BCUT2D eigenvalue weighted by Gasteiger charge is -2.14. The molecule has 2 fully saturated rings. The summed E-state index contributed by atoms with van der Waals surface area (Å²) in [6, 6.07) is 0. The Morgan fingerprint density at radius 2 is 1.60 bits per heavy atom. The van der Waals surface area contributed by atoms with Crippen LogP contribution in [0.5, 0.6) is 0 Å². The largest absolute Gasteiger partial charge is 0.350 e. The molecule has 2 rings (SSSR count). The third-order valence-electron chi connectivity index (χ3n) is 3.08. The fraction of sp³-hybridized carbons (Fsp3) is 0.941. The summed E-state index contributed by atoms with van der Waals surface area (Å²) in [6.45, 7) is 13.7. The molecule has 1 unspecified atom stereocenters. The first-order valence-corrected chi connectivity index (χ1v) is 8.50. The Hall–Kier alpha value is -0.410. The van der Waals surface area contributed by atoms with Crippen LogP contribution in [-0.2, 0) is 14.3 Å². The molecule has 0 amide bonds. The van der Waals surface area contributed by atoms with E-state index in [2.05, 4.69) is 6.92 Å². The van der Waals surface area contributed by atoms with Gasteiger partial charge in [-0.3, -0.25) is 4.79 Å². The molecule has 0 aromatic carbocycles. The highest BCUT2D eigenvalue weighted by Gasteiger charge is 2.16. The lowest BCUT2D eigenvalue weighted by molar-refractivity contribution is -0.123. The normalized spacial score (nSPS) is 21.7. The second-order valence-electron chi connectivity index (χ2n) is 4.57. The molecule has 1 heterocycles. The third-order valence-corrected chi connectivity index (χ3v) is 3.08. The van der Waals surface area contributed by atoms with Crippen molar-refractivity contribution in [2.45, 2.75) is 86.4 Å². The smallest absolute Gasteiger partial charge is 0.157 e. The van der Waals surface area contributed by atoms with Crippen LogP contribution >= 0.6 is 0 Å². The predicted molar refractivity (Wildman–Crippen MR) is 85.9 cm³/mol. The summed E-state index contributed by atoms with van der Waals surface area (Å²) in [5.74, 6) is 0.833. The molecule has 1 aliphatic heterocycles. The first-order chi connectivity index (χ1) is 9.74. The second kappa shape index (κ2) is 16.6. The Morgan fingerprint density at radius 3 is 1.95 bits per heavy atom. The van der Waals surface area contributed by atoms with Crippen molar-refractivity contribution < 1.29 is 14.3 Å². The Labute approximate surface area is 126 Å². The van der Waals surface area contributed by atoms with Gasteiger partial charge in [0, 0.05) is 12.3 Å². The summed E-state index contributed by atoms with van der Waals surface area (Å²) in [7, 11) is 0. The molecular weight excluding hydrogens is 252 g/mol. The van der Waals surface area contributed by atoms with E-state index in [1.807, 2.05) is 34.6 Å². The fourth-order valence-corrected chi connectivity index (χ4v) is 1.97. The minimum Gasteiger partial charge on any atom is -0.350 e. The molecule has 122 valence electrons. The molecular formula is C17H36O3. The number of rotatable bonds is 2. The van der Waals surface area contributed by atoms with Crippen molar-refractivity contribution in [1.82, 2.24) is 0 Å². The van der Waals surface area contributed by atoms with Crippen LogP contribution in [0.3, 0.4) is 0 Å². The summed E-state index contributed by atoms with van der Waals surface area (Å²) in [6.07, 6.45) is 6.64. The molecule has 0 aromatic heterocycles. The van der Waals surface area contributed by atoms with Gasteiger partial charge in [0.1, 0.15) is 5.78 Å². The van der Waals surface area contributed by atoms with E-state index in [1.54, 1.807) is 0 Å². The molecule has 3 heteroatoms. The van der Waals surface area contributed by atoms with Gasteiger partial charge < -0.3 is 9.47 Å². The molecule has 3 nitrogen and oxygen atoms in total. The number of ketones is 1. The maximum Gasteiger partial charge on any atom is 0.157 e. The highest BCUT2D eigenvalue weighted by molar-refractivity contribution is 5.81. The summed E-state index contributed by atoms with van der Waals surface area (Å²) in [5.41, 5.74) is 0. The minimum atomic E-state index is 0.111. The van der Waals surface area contributed by atoms with Crippen LogP contribution < -0.4 is 0 Å². The van der Waals surface area contributed by atoms with E-state index >= 15 is 0 Å². The zero-order chi connectivity index (χ0) is 15.8. The van der Waals surface area contributed by atoms with Gasteiger partial charge in [-0.2, -0.15) is 0 Å². The number of Topliss-reactive ketones (excluding diaryl/α,β-unsaturated/α-hetero) is 1. The SMILES string of the molecule is CC.CC.CC1CCCCC1=O.CCCC1OCCO1. The van der Waals surface area contributed by atoms with Crippen LogP contribution in [-0.4, -0.2) is 25.3 Å². The van der Waals surface area contributed by atoms with E-state index in [9.17, 15) is 4.79 Å². The van der Waals surface area contributed by atoms with Gasteiger partial charge in [0.25, 0.3) is 0 Å². The van der Waals surface area contributed by atoms with Crippen LogP contribution in [0.15, 0.2) is 0 Å². The molecule has 0 bridgehead atoms. The van der Waals surface area contributed by atoms with Crippen molar-refractivity contribution >= 4 is 5.78 Å². The average molecular weight is 288 g/mol. The monoisotopic (exact) mass is 288 g/mol. The number of hydrogen-bond donors (Lipinski definition) is 0. The van der Waals surface area contributed by atoms with Crippen LogP contribution in [0.2, 0.25) is 0 Å². The lowest BCUT2D eigenvalue weighted by Crippen LogP contribution is -2.14. The van der Waals surface area contributed by atoms with Gasteiger partial charge >= 0.3 is 0 Å². The zero-order valence-corrected chi connectivity index (χ0v) is 14.5. The van der Waals surface area contributed by atoms with Crippen molar-refractivity contribution in [2.75, 3.05) is 13.2 Å². The Balaban J connectivity index is 0. The molecule has 0 radical (unpaired) electrons. The van der Waals surface area contributed by atoms with Crippen LogP contribution in [0.25, 0.3) is 0 Å². The van der Waals surface area contributed by atoms with Crippen molar-refractivity contribution in [3.05, 3.63) is 0 Å². The van der Waals surface area contributed by atoms with Crippen LogP contribution in [0, 0.1) is 5.92 Å². The summed E-state index contributed by atoms with van der Waals surface area (Å²) < 4.78 is 10.3. The maximum atomic E-state index is 10.8. The highest BCUT2D eigenvalue weighted by atomic mass is 16.7. The first-order valence-electron chi connectivity index (χ1n) is 8.50.